The molecule has 0 atom stereocenters. The van der Waals surface area contributed by atoms with E-state index in [-0.39, 0.29) is 30.2 Å². The second-order valence-corrected chi connectivity index (χ2v) is 9.88. The third kappa shape index (κ3) is 4.35. The van der Waals surface area contributed by atoms with Crippen molar-refractivity contribution in [2.24, 2.45) is 5.92 Å². The van der Waals surface area contributed by atoms with E-state index in [2.05, 4.69) is 4.98 Å². The van der Waals surface area contributed by atoms with Crippen LogP contribution in [0, 0.1) is 5.92 Å². The molecule has 0 unspecified atom stereocenters. The molecule has 0 saturated heterocycles. The molecular formula is C23H21ClN2O7S. The van der Waals surface area contributed by atoms with Gasteiger partial charge in [0.2, 0.25) is 6.79 Å². The van der Waals surface area contributed by atoms with Gasteiger partial charge < -0.3 is 28.7 Å². The SMILES string of the molecule is O=C(O)c1c(SC2CCC(C(=O)O)CC2)nc(-c2ccco2)n1Cc1cc2c(cc1Cl)OCO2. The largest absolute Gasteiger partial charge is 0.481 e. The highest BCUT2D eigenvalue weighted by Crippen LogP contribution is 2.41. The summed E-state index contributed by atoms with van der Waals surface area (Å²) >= 11 is 7.85. The second-order valence-electron chi connectivity index (χ2n) is 8.18. The van der Waals surface area contributed by atoms with Crippen LogP contribution in [0.5, 0.6) is 11.5 Å². The molecule has 0 spiro atoms. The Labute approximate surface area is 203 Å². The number of thioether (sulfide) groups is 1. The van der Waals surface area contributed by atoms with Crippen LogP contribution >= 0.6 is 23.4 Å². The van der Waals surface area contributed by atoms with Crippen molar-refractivity contribution < 1.29 is 33.7 Å². The number of ether oxygens (including phenoxy) is 2. The summed E-state index contributed by atoms with van der Waals surface area (Å²) < 4.78 is 18.0. The molecule has 1 aliphatic heterocycles. The molecule has 2 aromatic heterocycles. The molecule has 11 heteroatoms. The number of aliphatic carboxylic acids is 1. The van der Waals surface area contributed by atoms with Crippen molar-refractivity contribution in [2.75, 3.05) is 6.79 Å². The van der Waals surface area contributed by atoms with Gasteiger partial charge in [-0.05, 0) is 49.4 Å². The summed E-state index contributed by atoms with van der Waals surface area (Å²) in [5.74, 6) is -0.361. The molecule has 1 fully saturated rings. The predicted molar refractivity (Wildman–Crippen MR) is 123 cm³/mol. The van der Waals surface area contributed by atoms with Crippen LogP contribution in [0.4, 0.5) is 0 Å². The van der Waals surface area contributed by atoms with Gasteiger partial charge in [0, 0.05) is 16.3 Å². The lowest BCUT2D eigenvalue weighted by Gasteiger charge is -2.25. The van der Waals surface area contributed by atoms with E-state index in [1.165, 1.54) is 18.0 Å². The Morgan fingerprint density at radius 1 is 1.15 bits per heavy atom. The normalized spacial score (nSPS) is 19.3. The maximum atomic E-state index is 12.4. The number of imidazole rings is 1. The summed E-state index contributed by atoms with van der Waals surface area (Å²) in [7, 11) is 0. The van der Waals surface area contributed by atoms with Gasteiger partial charge in [0.25, 0.3) is 0 Å². The Hall–Kier alpha value is -3.11. The quantitative estimate of drug-likeness (QED) is 0.457. The van der Waals surface area contributed by atoms with Crippen molar-refractivity contribution in [3.05, 3.63) is 46.8 Å². The average molecular weight is 505 g/mol. The molecule has 2 aliphatic rings. The number of aromatic nitrogens is 2. The van der Waals surface area contributed by atoms with Crippen molar-refractivity contribution in [2.45, 2.75) is 42.5 Å². The smallest absolute Gasteiger partial charge is 0.355 e. The first kappa shape index (κ1) is 22.7. The standard InChI is InChI=1S/C23H21ClN2O7S/c24-15-9-18-17(32-11-33-18)8-13(15)10-26-19(23(29)30)21(25-20(26)16-2-1-7-31-16)34-14-5-3-12(4-6-14)22(27)28/h1-2,7-9,12,14H,3-6,10-11H2,(H,27,28)(H,29,30). The first-order valence-electron chi connectivity index (χ1n) is 10.8. The fourth-order valence-corrected chi connectivity index (χ4v) is 5.79. The third-order valence-electron chi connectivity index (χ3n) is 6.05. The molecule has 0 radical (unpaired) electrons. The zero-order valence-electron chi connectivity index (χ0n) is 17.9. The van der Waals surface area contributed by atoms with Crippen LogP contribution in [-0.2, 0) is 11.3 Å². The molecule has 0 bridgehead atoms. The number of nitrogens with zero attached hydrogens (tertiary/aromatic N) is 2. The lowest BCUT2D eigenvalue weighted by molar-refractivity contribution is -0.142. The van der Waals surface area contributed by atoms with E-state index in [9.17, 15) is 19.8 Å². The van der Waals surface area contributed by atoms with E-state index in [0.29, 0.717) is 64.4 Å². The number of benzene rings is 1. The lowest BCUT2D eigenvalue weighted by Crippen LogP contribution is -2.22. The molecule has 1 aromatic carbocycles. The van der Waals surface area contributed by atoms with Crippen LogP contribution in [-0.4, -0.2) is 43.7 Å². The molecule has 178 valence electrons. The highest BCUT2D eigenvalue weighted by molar-refractivity contribution is 7.99. The number of carboxylic acid groups (broad SMARTS) is 2. The van der Waals surface area contributed by atoms with E-state index in [4.69, 9.17) is 25.5 Å². The second kappa shape index (κ2) is 9.27. The number of halogens is 1. The maximum absolute atomic E-state index is 12.4. The van der Waals surface area contributed by atoms with Gasteiger partial charge in [-0.15, -0.1) is 11.8 Å². The van der Waals surface area contributed by atoms with E-state index < -0.39 is 11.9 Å². The zero-order valence-corrected chi connectivity index (χ0v) is 19.5. The van der Waals surface area contributed by atoms with Crippen LogP contribution in [0.1, 0.15) is 41.7 Å². The topological polar surface area (TPSA) is 124 Å². The van der Waals surface area contributed by atoms with Crippen LogP contribution in [0.2, 0.25) is 5.02 Å². The van der Waals surface area contributed by atoms with E-state index >= 15 is 0 Å². The highest BCUT2D eigenvalue weighted by atomic mass is 35.5. The van der Waals surface area contributed by atoms with Crippen molar-refractivity contribution in [3.63, 3.8) is 0 Å². The molecule has 1 saturated carbocycles. The summed E-state index contributed by atoms with van der Waals surface area (Å²) in [6, 6.07) is 6.82. The highest BCUT2D eigenvalue weighted by Gasteiger charge is 2.31. The Balaban J connectivity index is 1.51. The van der Waals surface area contributed by atoms with Gasteiger partial charge in [-0.25, -0.2) is 9.78 Å². The first-order valence-corrected chi connectivity index (χ1v) is 12.0. The summed E-state index contributed by atoms with van der Waals surface area (Å²) in [6.45, 7) is 0.232. The van der Waals surface area contributed by atoms with Crippen molar-refractivity contribution in [3.8, 4) is 23.1 Å². The number of carboxylic acids is 2. The number of hydrogen-bond donors (Lipinski definition) is 2. The van der Waals surface area contributed by atoms with Crippen LogP contribution in [0.15, 0.2) is 40.0 Å². The number of fused-ring (bicyclic) bond motifs is 1. The Morgan fingerprint density at radius 3 is 2.53 bits per heavy atom. The van der Waals surface area contributed by atoms with Crippen molar-refractivity contribution in [1.29, 1.82) is 0 Å². The number of carbonyl (C=O) groups is 2. The summed E-state index contributed by atoms with van der Waals surface area (Å²) in [6.07, 6.45) is 3.99. The monoisotopic (exact) mass is 504 g/mol. The van der Waals surface area contributed by atoms with Crippen molar-refractivity contribution >= 4 is 35.3 Å². The fraction of sp³-hybridized carbons (Fsp3) is 0.348. The average Bonchev–Trinajstić information content (AvgIpc) is 3.54. The minimum Gasteiger partial charge on any atom is -0.481 e. The molecule has 0 amide bonds. The number of hydrogen-bond acceptors (Lipinski definition) is 7. The van der Waals surface area contributed by atoms with Gasteiger partial charge in [-0.2, -0.15) is 0 Å². The van der Waals surface area contributed by atoms with Gasteiger partial charge in [0.15, 0.2) is 28.8 Å². The Bertz CT molecular complexity index is 1230. The first-order chi connectivity index (χ1) is 16.4. The van der Waals surface area contributed by atoms with Gasteiger partial charge in [-0.3, -0.25) is 4.79 Å². The predicted octanol–water partition coefficient (Wildman–Crippen LogP) is 5.01. The Kier molecular flexibility index (Phi) is 6.18. The van der Waals surface area contributed by atoms with Gasteiger partial charge in [0.05, 0.1) is 18.7 Å². The molecule has 3 heterocycles. The number of aromatic carboxylic acids is 1. The molecule has 2 N–H and O–H groups in total. The number of rotatable bonds is 7. The molecular weight excluding hydrogens is 484 g/mol. The summed E-state index contributed by atoms with van der Waals surface area (Å²) in [5, 5.41) is 20.3. The van der Waals surface area contributed by atoms with Gasteiger partial charge >= 0.3 is 11.9 Å². The van der Waals surface area contributed by atoms with Gasteiger partial charge in [-0.1, -0.05) is 11.6 Å². The van der Waals surface area contributed by atoms with E-state index in [1.54, 1.807) is 28.8 Å². The third-order valence-corrected chi connectivity index (χ3v) is 7.72. The maximum Gasteiger partial charge on any atom is 0.355 e. The minimum atomic E-state index is -1.12. The van der Waals surface area contributed by atoms with Crippen LogP contribution < -0.4 is 9.47 Å². The van der Waals surface area contributed by atoms with Crippen molar-refractivity contribution in [1.82, 2.24) is 9.55 Å². The Morgan fingerprint density at radius 2 is 1.88 bits per heavy atom. The van der Waals surface area contributed by atoms with Crippen LogP contribution in [0.25, 0.3) is 11.6 Å². The minimum absolute atomic E-state index is 0.0329. The molecule has 1 aliphatic carbocycles. The molecule has 9 nitrogen and oxygen atoms in total. The van der Waals surface area contributed by atoms with E-state index in [0.717, 1.165) is 0 Å². The molecule has 5 rings (SSSR count). The summed E-state index contributed by atoms with van der Waals surface area (Å²) in [4.78, 5) is 28.3. The molecule has 34 heavy (non-hydrogen) atoms. The van der Waals surface area contributed by atoms with Gasteiger partial charge in [0.1, 0.15) is 5.03 Å². The summed E-state index contributed by atoms with van der Waals surface area (Å²) in [5.41, 5.74) is 0.683. The van der Waals surface area contributed by atoms with Crippen LogP contribution in [0.3, 0.4) is 0 Å². The molecule has 3 aromatic rings. The fourth-order valence-electron chi connectivity index (χ4n) is 4.30. The number of furan rings is 1. The zero-order chi connectivity index (χ0) is 23.8. The lowest BCUT2D eigenvalue weighted by atomic mass is 9.89. The van der Waals surface area contributed by atoms with E-state index in [1.807, 2.05) is 0 Å².